The van der Waals surface area contributed by atoms with E-state index in [1.165, 1.54) is 10.5 Å². The standard InChI is InChI=1S/C20H18N2O2/c23-20(24)19-15-8-4-5-9-17(15)21-18-10-11-22(13-16(18)19)12-14-6-2-1-3-7-14/h1-9H,10-13H2,(H,23,24). The van der Waals surface area contributed by atoms with E-state index in [4.69, 9.17) is 4.98 Å². The number of hydrogen-bond acceptors (Lipinski definition) is 3. The van der Waals surface area contributed by atoms with Crippen LogP contribution in [0.3, 0.4) is 0 Å². The quantitative estimate of drug-likeness (QED) is 0.775. The molecule has 4 rings (SSSR count). The Morgan fingerprint density at radius 3 is 2.62 bits per heavy atom. The number of quaternary nitrogens is 1. The molecule has 0 spiro atoms. The van der Waals surface area contributed by atoms with Gasteiger partial charge in [0.05, 0.1) is 23.7 Å². The van der Waals surface area contributed by atoms with E-state index in [1.807, 2.05) is 42.5 Å². The van der Waals surface area contributed by atoms with Crippen LogP contribution in [-0.2, 0) is 19.5 Å². The number of carboxylic acids is 1. The maximum absolute atomic E-state index is 11.8. The first-order chi connectivity index (χ1) is 11.7. The lowest BCUT2D eigenvalue weighted by Gasteiger charge is -2.28. The SMILES string of the molecule is O=C([O-])c1c2c(nc3ccccc13)CC[NH+](Cc1ccccc1)C2. The van der Waals surface area contributed by atoms with Crippen LogP contribution in [0.1, 0.15) is 27.2 Å². The summed E-state index contributed by atoms with van der Waals surface area (Å²) in [5.41, 5.74) is 4.07. The summed E-state index contributed by atoms with van der Waals surface area (Å²) in [6.07, 6.45) is 0.794. The van der Waals surface area contributed by atoms with E-state index in [9.17, 15) is 9.90 Å². The van der Waals surface area contributed by atoms with Crippen molar-refractivity contribution in [3.8, 4) is 0 Å². The number of fused-ring (bicyclic) bond motifs is 2. The van der Waals surface area contributed by atoms with Crippen molar-refractivity contribution in [2.24, 2.45) is 0 Å². The third kappa shape index (κ3) is 2.65. The number of carboxylic acid groups (broad SMARTS) is 1. The smallest absolute Gasteiger partial charge is 0.106 e. The Labute approximate surface area is 140 Å². The first kappa shape index (κ1) is 14.8. The molecule has 4 nitrogen and oxygen atoms in total. The van der Waals surface area contributed by atoms with E-state index in [1.54, 1.807) is 0 Å². The van der Waals surface area contributed by atoms with Gasteiger partial charge in [-0.25, -0.2) is 0 Å². The maximum Gasteiger partial charge on any atom is 0.106 e. The van der Waals surface area contributed by atoms with E-state index < -0.39 is 5.97 Å². The summed E-state index contributed by atoms with van der Waals surface area (Å²) in [6.45, 7) is 2.52. The van der Waals surface area contributed by atoms with Gasteiger partial charge in [-0.05, 0) is 6.07 Å². The van der Waals surface area contributed by atoms with Gasteiger partial charge in [0.2, 0.25) is 0 Å². The molecule has 0 amide bonds. The Morgan fingerprint density at radius 2 is 1.83 bits per heavy atom. The number of nitrogens with zero attached hydrogens (tertiary/aromatic N) is 1. The normalized spacial score (nSPS) is 16.8. The zero-order chi connectivity index (χ0) is 16.5. The molecule has 4 heteroatoms. The van der Waals surface area contributed by atoms with Crippen LogP contribution < -0.4 is 10.0 Å². The molecule has 120 valence electrons. The second-order valence-electron chi connectivity index (χ2n) is 6.31. The van der Waals surface area contributed by atoms with Crippen molar-refractivity contribution in [3.05, 3.63) is 77.0 Å². The minimum atomic E-state index is -1.11. The van der Waals surface area contributed by atoms with Gasteiger partial charge in [0.1, 0.15) is 13.1 Å². The minimum Gasteiger partial charge on any atom is -0.545 e. The largest absolute Gasteiger partial charge is 0.545 e. The molecule has 1 N–H and O–H groups in total. The predicted molar refractivity (Wildman–Crippen MR) is 89.5 cm³/mol. The Balaban J connectivity index is 1.74. The molecule has 0 aliphatic carbocycles. The van der Waals surface area contributed by atoms with Crippen molar-refractivity contribution in [1.29, 1.82) is 0 Å². The van der Waals surface area contributed by atoms with E-state index in [-0.39, 0.29) is 0 Å². The molecule has 0 fully saturated rings. The Bertz CT molecular complexity index is 906. The van der Waals surface area contributed by atoms with Crippen LogP contribution in [-0.4, -0.2) is 17.5 Å². The second-order valence-corrected chi connectivity index (χ2v) is 6.31. The van der Waals surface area contributed by atoms with Gasteiger partial charge in [-0.1, -0.05) is 48.5 Å². The van der Waals surface area contributed by atoms with Gasteiger partial charge in [0.15, 0.2) is 0 Å². The summed E-state index contributed by atoms with van der Waals surface area (Å²) in [5, 5.41) is 12.5. The molecule has 1 aromatic heterocycles. The summed E-state index contributed by atoms with van der Waals surface area (Å²) >= 11 is 0. The average Bonchev–Trinajstić information content (AvgIpc) is 2.60. The monoisotopic (exact) mass is 318 g/mol. The Kier molecular flexibility index (Phi) is 3.75. The Morgan fingerprint density at radius 1 is 1.08 bits per heavy atom. The number of rotatable bonds is 3. The third-order valence-corrected chi connectivity index (χ3v) is 4.72. The number of benzene rings is 2. The van der Waals surface area contributed by atoms with Crippen LogP contribution in [0.4, 0.5) is 0 Å². The fourth-order valence-electron chi connectivity index (χ4n) is 3.60. The summed E-state index contributed by atoms with van der Waals surface area (Å²) in [7, 11) is 0. The van der Waals surface area contributed by atoms with E-state index in [2.05, 4.69) is 12.1 Å². The summed E-state index contributed by atoms with van der Waals surface area (Å²) in [5.74, 6) is -1.11. The Hall–Kier alpha value is -2.72. The molecule has 1 atom stereocenters. The highest BCUT2D eigenvalue weighted by molar-refractivity contribution is 6.03. The second kappa shape index (κ2) is 6.06. The molecule has 3 aromatic rings. The van der Waals surface area contributed by atoms with E-state index in [0.29, 0.717) is 17.5 Å². The predicted octanol–water partition coefficient (Wildman–Crippen LogP) is 0.740. The fraction of sp³-hybridized carbons (Fsp3) is 0.200. The molecule has 0 bridgehead atoms. The van der Waals surface area contributed by atoms with Gasteiger partial charge in [0, 0.05) is 28.5 Å². The van der Waals surface area contributed by atoms with Crippen molar-refractivity contribution in [1.82, 2.24) is 4.98 Å². The number of nitrogens with one attached hydrogen (secondary N) is 1. The van der Waals surface area contributed by atoms with Crippen molar-refractivity contribution in [2.75, 3.05) is 6.54 Å². The number of para-hydroxylation sites is 1. The molecule has 1 aliphatic heterocycles. The van der Waals surface area contributed by atoms with Gasteiger partial charge in [0.25, 0.3) is 0 Å². The lowest BCUT2D eigenvalue weighted by molar-refractivity contribution is -0.929. The number of pyridine rings is 1. The first-order valence-electron chi connectivity index (χ1n) is 8.21. The van der Waals surface area contributed by atoms with E-state index >= 15 is 0 Å². The molecular formula is C20H18N2O2. The van der Waals surface area contributed by atoms with Gasteiger partial charge < -0.3 is 14.8 Å². The lowest BCUT2D eigenvalue weighted by atomic mass is 9.95. The molecule has 0 saturated carbocycles. The third-order valence-electron chi connectivity index (χ3n) is 4.72. The molecule has 1 aliphatic rings. The number of hydrogen-bond donors (Lipinski definition) is 1. The lowest BCUT2D eigenvalue weighted by Crippen LogP contribution is -3.10. The number of carbonyl (C=O) groups excluding carboxylic acids is 1. The zero-order valence-electron chi connectivity index (χ0n) is 13.3. The average molecular weight is 318 g/mol. The van der Waals surface area contributed by atoms with Gasteiger partial charge >= 0.3 is 0 Å². The number of carbonyl (C=O) groups is 1. The van der Waals surface area contributed by atoms with Crippen LogP contribution in [0.25, 0.3) is 10.9 Å². The highest BCUT2D eigenvalue weighted by Gasteiger charge is 2.25. The van der Waals surface area contributed by atoms with Gasteiger partial charge in [-0.3, -0.25) is 4.98 Å². The maximum atomic E-state index is 11.8. The molecule has 1 unspecified atom stereocenters. The van der Waals surface area contributed by atoms with Crippen LogP contribution >= 0.6 is 0 Å². The van der Waals surface area contributed by atoms with E-state index in [0.717, 1.165) is 36.3 Å². The zero-order valence-corrected chi connectivity index (χ0v) is 13.3. The molecular weight excluding hydrogens is 300 g/mol. The molecule has 2 aromatic carbocycles. The van der Waals surface area contributed by atoms with Crippen molar-refractivity contribution in [3.63, 3.8) is 0 Å². The van der Waals surface area contributed by atoms with Crippen molar-refractivity contribution < 1.29 is 14.8 Å². The fourth-order valence-corrected chi connectivity index (χ4v) is 3.60. The summed E-state index contributed by atoms with van der Waals surface area (Å²) < 4.78 is 0. The van der Waals surface area contributed by atoms with Crippen LogP contribution in [0.15, 0.2) is 54.6 Å². The highest BCUT2D eigenvalue weighted by Crippen LogP contribution is 2.24. The summed E-state index contributed by atoms with van der Waals surface area (Å²) in [6, 6.07) is 17.7. The highest BCUT2D eigenvalue weighted by atomic mass is 16.4. The van der Waals surface area contributed by atoms with Gasteiger partial charge in [-0.2, -0.15) is 0 Å². The molecule has 0 saturated heterocycles. The minimum absolute atomic E-state index is 0.320. The van der Waals surface area contributed by atoms with Gasteiger partial charge in [-0.15, -0.1) is 0 Å². The van der Waals surface area contributed by atoms with Crippen LogP contribution in [0.2, 0.25) is 0 Å². The van der Waals surface area contributed by atoms with Crippen molar-refractivity contribution >= 4 is 16.9 Å². The molecule has 24 heavy (non-hydrogen) atoms. The topological polar surface area (TPSA) is 57.5 Å². The van der Waals surface area contributed by atoms with Crippen LogP contribution in [0.5, 0.6) is 0 Å². The first-order valence-corrected chi connectivity index (χ1v) is 8.21. The molecule has 2 heterocycles. The molecule has 0 radical (unpaired) electrons. The number of aromatic carboxylic acids is 1. The van der Waals surface area contributed by atoms with Crippen LogP contribution in [0, 0.1) is 0 Å². The number of aromatic nitrogens is 1. The summed E-state index contributed by atoms with van der Waals surface area (Å²) in [4.78, 5) is 17.9. The van der Waals surface area contributed by atoms with Crippen molar-refractivity contribution in [2.45, 2.75) is 19.5 Å².